The summed E-state index contributed by atoms with van der Waals surface area (Å²) in [5.41, 5.74) is 1.26. The zero-order valence-electron chi connectivity index (χ0n) is 7.57. The maximum Gasteiger partial charge on any atom is 0.156 e. The number of ketones is 1. The molecule has 4 nitrogen and oxygen atoms in total. The molecule has 2 aromatic rings. The Balaban J connectivity index is 2.57. The highest BCUT2D eigenvalue weighted by Gasteiger charge is 2.10. The maximum atomic E-state index is 10.9. The van der Waals surface area contributed by atoms with E-state index in [4.69, 9.17) is 11.6 Å². The van der Waals surface area contributed by atoms with Gasteiger partial charge >= 0.3 is 0 Å². The first-order valence-electron chi connectivity index (χ1n) is 4.14. The Kier molecular flexibility index (Phi) is 2.21. The number of rotatable bonds is 2. The lowest BCUT2D eigenvalue weighted by Crippen LogP contribution is -1.96. The molecule has 0 aromatic carbocycles. The standard InChI is InChI=1S/C9H8ClN3O/c1-6(14)4-7-9(10)13-3-2-11-5-8(13)12-7/h2-3,5H,4H2,1H3. The number of halogens is 1. The van der Waals surface area contributed by atoms with Crippen LogP contribution in [-0.2, 0) is 11.2 Å². The van der Waals surface area contributed by atoms with Crippen LogP contribution < -0.4 is 0 Å². The number of aromatic nitrogens is 3. The van der Waals surface area contributed by atoms with Crippen LogP contribution in [0.25, 0.3) is 5.65 Å². The Morgan fingerprint density at radius 2 is 2.43 bits per heavy atom. The molecule has 0 aliphatic rings. The summed E-state index contributed by atoms with van der Waals surface area (Å²) >= 11 is 6.02. The van der Waals surface area contributed by atoms with Crippen LogP contribution in [-0.4, -0.2) is 20.2 Å². The summed E-state index contributed by atoms with van der Waals surface area (Å²) in [6.07, 6.45) is 5.21. The predicted octanol–water partition coefficient (Wildman–Crippen LogP) is 1.51. The second kappa shape index (κ2) is 3.38. The fourth-order valence-corrected chi connectivity index (χ4v) is 1.53. The number of carbonyl (C=O) groups excluding carboxylic acids is 1. The van der Waals surface area contributed by atoms with Crippen LogP contribution >= 0.6 is 11.6 Å². The second-order valence-corrected chi connectivity index (χ2v) is 3.39. The minimum atomic E-state index is 0.0447. The van der Waals surface area contributed by atoms with Crippen molar-refractivity contribution in [2.45, 2.75) is 13.3 Å². The Hall–Kier alpha value is -1.42. The molecule has 14 heavy (non-hydrogen) atoms. The number of fused-ring (bicyclic) bond motifs is 1. The summed E-state index contributed by atoms with van der Waals surface area (Å²) < 4.78 is 1.70. The van der Waals surface area contributed by atoms with E-state index in [2.05, 4.69) is 9.97 Å². The van der Waals surface area contributed by atoms with Crippen molar-refractivity contribution in [1.29, 1.82) is 0 Å². The summed E-state index contributed by atoms with van der Waals surface area (Å²) in [5.74, 6) is 0.0447. The molecule has 2 aromatic heterocycles. The second-order valence-electron chi connectivity index (χ2n) is 3.03. The number of carbonyl (C=O) groups is 1. The van der Waals surface area contributed by atoms with Gasteiger partial charge in [0.1, 0.15) is 10.9 Å². The highest BCUT2D eigenvalue weighted by Crippen LogP contribution is 2.17. The predicted molar refractivity (Wildman–Crippen MR) is 52.4 cm³/mol. The molecule has 0 spiro atoms. The van der Waals surface area contributed by atoms with Gasteiger partial charge in [0.15, 0.2) is 5.65 Å². The van der Waals surface area contributed by atoms with Gasteiger partial charge in [-0.3, -0.25) is 14.2 Å². The molecule has 0 radical (unpaired) electrons. The maximum absolute atomic E-state index is 10.9. The van der Waals surface area contributed by atoms with Gasteiger partial charge in [0.25, 0.3) is 0 Å². The van der Waals surface area contributed by atoms with Gasteiger partial charge in [-0.25, -0.2) is 4.98 Å². The van der Waals surface area contributed by atoms with Crippen molar-refractivity contribution in [1.82, 2.24) is 14.4 Å². The average Bonchev–Trinajstić information content (AvgIpc) is 2.44. The number of imidazole rings is 1. The molecule has 72 valence electrons. The van der Waals surface area contributed by atoms with Gasteiger partial charge in [0.2, 0.25) is 0 Å². The van der Waals surface area contributed by atoms with Crippen LogP contribution in [0.3, 0.4) is 0 Å². The van der Waals surface area contributed by atoms with Gasteiger partial charge < -0.3 is 0 Å². The molecule has 0 unspecified atom stereocenters. The zero-order chi connectivity index (χ0) is 10.1. The zero-order valence-corrected chi connectivity index (χ0v) is 8.32. The van der Waals surface area contributed by atoms with Crippen LogP contribution in [0.1, 0.15) is 12.6 Å². The molecule has 0 saturated heterocycles. The van der Waals surface area contributed by atoms with Crippen molar-refractivity contribution in [2.75, 3.05) is 0 Å². The van der Waals surface area contributed by atoms with E-state index in [-0.39, 0.29) is 12.2 Å². The number of hydrogen-bond donors (Lipinski definition) is 0. The largest absolute Gasteiger partial charge is 0.300 e. The first-order valence-corrected chi connectivity index (χ1v) is 4.52. The molecule has 2 rings (SSSR count). The molecule has 0 atom stereocenters. The number of hydrogen-bond acceptors (Lipinski definition) is 3. The molecule has 0 saturated carbocycles. The first-order chi connectivity index (χ1) is 6.68. The van der Waals surface area contributed by atoms with Crippen LogP contribution in [0.2, 0.25) is 5.15 Å². The minimum Gasteiger partial charge on any atom is -0.300 e. The van der Waals surface area contributed by atoms with Crippen LogP contribution in [0.15, 0.2) is 18.6 Å². The Labute approximate surface area is 85.5 Å². The van der Waals surface area contributed by atoms with Gasteiger partial charge in [0.05, 0.1) is 18.3 Å². The fraction of sp³-hybridized carbons (Fsp3) is 0.222. The molecule has 0 N–H and O–H groups in total. The number of Topliss-reactive ketones (excluding diaryl/α,β-unsaturated/α-hetero) is 1. The van der Waals surface area contributed by atoms with E-state index in [0.29, 0.717) is 16.5 Å². The van der Waals surface area contributed by atoms with Gasteiger partial charge in [-0.1, -0.05) is 11.6 Å². The normalized spacial score (nSPS) is 10.7. The van der Waals surface area contributed by atoms with E-state index in [1.807, 2.05) is 0 Å². The summed E-state index contributed by atoms with van der Waals surface area (Å²) in [5, 5.41) is 0.484. The molecule has 0 aliphatic heterocycles. The molecule has 0 amide bonds. The van der Waals surface area contributed by atoms with Crippen molar-refractivity contribution in [3.8, 4) is 0 Å². The van der Waals surface area contributed by atoms with Gasteiger partial charge in [-0.15, -0.1) is 0 Å². The summed E-state index contributed by atoms with van der Waals surface area (Å²) in [6, 6.07) is 0. The summed E-state index contributed by atoms with van der Waals surface area (Å²) in [7, 11) is 0. The molecule has 5 heteroatoms. The van der Waals surface area contributed by atoms with E-state index in [1.54, 1.807) is 23.0 Å². The van der Waals surface area contributed by atoms with Crippen molar-refractivity contribution < 1.29 is 4.79 Å². The third-order valence-electron chi connectivity index (χ3n) is 1.85. The first kappa shape index (κ1) is 9.15. The molecule has 0 fully saturated rings. The van der Waals surface area contributed by atoms with Crippen LogP contribution in [0, 0.1) is 0 Å². The highest BCUT2D eigenvalue weighted by atomic mass is 35.5. The van der Waals surface area contributed by atoms with E-state index >= 15 is 0 Å². The summed E-state index contributed by atoms with van der Waals surface area (Å²) in [4.78, 5) is 19.0. The van der Waals surface area contributed by atoms with Crippen molar-refractivity contribution in [3.63, 3.8) is 0 Å². The van der Waals surface area contributed by atoms with Gasteiger partial charge in [0, 0.05) is 12.4 Å². The molecular formula is C9H8ClN3O. The lowest BCUT2D eigenvalue weighted by molar-refractivity contribution is -0.116. The third-order valence-corrected chi connectivity index (χ3v) is 2.25. The van der Waals surface area contributed by atoms with E-state index in [0.717, 1.165) is 0 Å². The highest BCUT2D eigenvalue weighted by molar-refractivity contribution is 6.30. The van der Waals surface area contributed by atoms with Crippen LogP contribution in [0.4, 0.5) is 0 Å². The topological polar surface area (TPSA) is 47.3 Å². The molecular weight excluding hydrogens is 202 g/mol. The van der Waals surface area contributed by atoms with E-state index in [9.17, 15) is 4.79 Å². The van der Waals surface area contributed by atoms with Gasteiger partial charge in [-0.05, 0) is 6.92 Å². The van der Waals surface area contributed by atoms with E-state index in [1.165, 1.54) is 6.92 Å². The Morgan fingerprint density at radius 3 is 3.07 bits per heavy atom. The SMILES string of the molecule is CC(=O)Cc1nc2cnccn2c1Cl. The molecule has 0 bridgehead atoms. The lowest BCUT2D eigenvalue weighted by Gasteiger charge is -1.92. The molecule has 0 aliphatic carbocycles. The summed E-state index contributed by atoms with van der Waals surface area (Å²) in [6.45, 7) is 1.51. The minimum absolute atomic E-state index is 0.0447. The number of nitrogens with zero attached hydrogens (tertiary/aromatic N) is 3. The van der Waals surface area contributed by atoms with Crippen molar-refractivity contribution in [3.05, 3.63) is 29.4 Å². The quantitative estimate of drug-likeness (QED) is 0.754. The molecule has 2 heterocycles. The third kappa shape index (κ3) is 1.48. The van der Waals surface area contributed by atoms with Crippen molar-refractivity contribution >= 4 is 23.0 Å². The monoisotopic (exact) mass is 209 g/mol. The Morgan fingerprint density at radius 1 is 1.64 bits per heavy atom. The fourth-order valence-electron chi connectivity index (χ4n) is 1.27. The van der Waals surface area contributed by atoms with E-state index < -0.39 is 0 Å². The smallest absolute Gasteiger partial charge is 0.156 e. The average molecular weight is 210 g/mol. The van der Waals surface area contributed by atoms with Crippen LogP contribution in [0.5, 0.6) is 0 Å². The lowest BCUT2D eigenvalue weighted by atomic mass is 10.2. The van der Waals surface area contributed by atoms with Crippen molar-refractivity contribution in [2.24, 2.45) is 0 Å². The Bertz CT molecular complexity index is 492. The van der Waals surface area contributed by atoms with Gasteiger partial charge in [-0.2, -0.15) is 0 Å².